The van der Waals surface area contributed by atoms with Crippen LogP contribution in [0, 0.1) is 12.3 Å². The molecule has 0 aliphatic carbocycles. The molecule has 2 atom stereocenters. The number of hydrogen-bond acceptors (Lipinski definition) is 4. The number of amides is 3. The smallest absolute Gasteiger partial charge is 0.261 e. The van der Waals surface area contributed by atoms with Crippen molar-refractivity contribution in [1.29, 1.82) is 0 Å². The molecular formula is C25H30N2O4. The van der Waals surface area contributed by atoms with E-state index < -0.39 is 11.5 Å². The number of hydrogen-bond donors (Lipinski definition) is 2. The van der Waals surface area contributed by atoms with Crippen LogP contribution in [0.3, 0.4) is 0 Å². The molecule has 0 fully saturated rings. The number of nitrogens with zero attached hydrogens (tertiary/aromatic N) is 1. The minimum atomic E-state index is -0.602. The quantitative estimate of drug-likeness (QED) is 0.608. The van der Waals surface area contributed by atoms with Gasteiger partial charge in [-0.15, -0.1) is 0 Å². The topological polar surface area (TPSA) is 86.7 Å². The Hall–Kier alpha value is -2.99. The number of benzene rings is 2. The molecular weight excluding hydrogens is 392 g/mol. The summed E-state index contributed by atoms with van der Waals surface area (Å²) < 4.78 is 0. The number of aryl methyl sites for hydroxylation is 1. The lowest BCUT2D eigenvalue weighted by atomic mass is 9.79. The summed E-state index contributed by atoms with van der Waals surface area (Å²) in [5.41, 5.74) is 2.38. The Labute approximate surface area is 183 Å². The fourth-order valence-electron chi connectivity index (χ4n) is 3.81. The van der Waals surface area contributed by atoms with Gasteiger partial charge < -0.3 is 10.4 Å². The zero-order chi connectivity index (χ0) is 22.6. The van der Waals surface area contributed by atoms with E-state index in [0.29, 0.717) is 30.5 Å². The average molecular weight is 423 g/mol. The lowest BCUT2D eigenvalue weighted by Crippen LogP contribution is -2.44. The molecule has 1 heterocycles. The standard InChI is InChI=1S/C25H30N2O4/c1-17-11-12-20-21(14-17)24(31)27(23(20)30)13-7-10-22(29)26-16-25(3,18(2)28)15-19-8-5-4-6-9-19/h4-6,8-9,11-12,14,18,28H,7,10,13,15-16H2,1-3H3,(H,26,29)/t18-,25-/m0/s1. The van der Waals surface area contributed by atoms with Crippen LogP contribution in [0.15, 0.2) is 48.5 Å². The number of aliphatic hydroxyl groups is 1. The number of aliphatic hydroxyl groups excluding tert-OH is 1. The van der Waals surface area contributed by atoms with Crippen molar-refractivity contribution < 1.29 is 19.5 Å². The highest BCUT2D eigenvalue weighted by atomic mass is 16.3. The molecule has 3 rings (SSSR count). The summed E-state index contributed by atoms with van der Waals surface area (Å²) >= 11 is 0. The number of rotatable bonds is 9. The summed E-state index contributed by atoms with van der Waals surface area (Å²) in [5.74, 6) is -0.758. The zero-order valence-electron chi connectivity index (χ0n) is 18.4. The van der Waals surface area contributed by atoms with Crippen LogP contribution in [0.5, 0.6) is 0 Å². The fraction of sp³-hybridized carbons (Fsp3) is 0.400. The average Bonchev–Trinajstić information content (AvgIpc) is 2.97. The summed E-state index contributed by atoms with van der Waals surface area (Å²) in [4.78, 5) is 38.6. The molecule has 31 heavy (non-hydrogen) atoms. The minimum absolute atomic E-state index is 0.160. The summed E-state index contributed by atoms with van der Waals surface area (Å²) in [6.07, 6.45) is 0.628. The van der Waals surface area contributed by atoms with E-state index in [1.165, 1.54) is 4.90 Å². The second kappa shape index (κ2) is 9.43. The van der Waals surface area contributed by atoms with Crippen molar-refractivity contribution in [3.8, 4) is 0 Å². The first kappa shape index (κ1) is 22.7. The number of nitrogens with one attached hydrogen (secondary N) is 1. The second-order valence-corrected chi connectivity index (χ2v) is 8.68. The van der Waals surface area contributed by atoms with Crippen LogP contribution in [-0.2, 0) is 11.2 Å². The molecule has 0 saturated heterocycles. The first-order chi connectivity index (χ1) is 14.7. The van der Waals surface area contributed by atoms with Gasteiger partial charge in [0.15, 0.2) is 0 Å². The maximum atomic E-state index is 12.5. The molecule has 2 aromatic rings. The first-order valence-electron chi connectivity index (χ1n) is 10.7. The number of carbonyl (C=O) groups excluding carboxylic acids is 3. The van der Waals surface area contributed by atoms with Crippen LogP contribution in [0.25, 0.3) is 0 Å². The predicted octanol–water partition coefficient (Wildman–Crippen LogP) is 3.12. The Bertz CT molecular complexity index is 971. The first-order valence-corrected chi connectivity index (χ1v) is 10.7. The predicted molar refractivity (Wildman–Crippen MR) is 119 cm³/mol. The minimum Gasteiger partial charge on any atom is -0.393 e. The summed E-state index contributed by atoms with van der Waals surface area (Å²) in [5, 5.41) is 13.2. The normalized spacial score (nSPS) is 16.1. The molecule has 0 radical (unpaired) electrons. The molecule has 0 unspecified atom stereocenters. The molecule has 3 amide bonds. The molecule has 0 spiro atoms. The van der Waals surface area contributed by atoms with Gasteiger partial charge in [-0.05, 0) is 44.4 Å². The van der Waals surface area contributed by atoms with Crippen molar-refractivity contribution in [2.75, 3.05) is 13.1 Å². The molecule has 1 aliphatic rings. The van der Waals surface area contributed by atoms with E-state index in [2.05, 4.69) is 5.32 Å². The zero-order valence-corrected chi connectivity index (χ0v) is 18.4. The van der Waals surface area contributed by atoms with Gasteiger partial charge >= 0.3 is 0 Å². The van der Waals surface area contributed by atoms with Gasteiger partial charge in [-0.2, -0.15) is 0 Å². The lowest BCUT2D eigenvalue weighted by Gasteiger charge is -2.33. The fourth-order valence-corrected chi connectivity index (χ4v) is 3.81. The lowest BCUT2D eigenvalue weighted by molar-refractivity contribution is -0.122. The van der Waals surface area contributed by atoms with E-state index in [9.17, 15) is 19.5 Å². The Morgan fingerprint density at radius 2 is 1.77 bits per heavy atom. The molecule has 2 N–H and O–H groups in total. The van der Waals surface area contributed by atoms with E-state index >= 15 is 0 Å². The Kier molecular flexibility index (Phi) is 6.91. The maximum absolute atomic E-state index is 12.5. The van der Waals surface area contributed by atoms with Gasteiger partial charge in [-0.25, -0.2) is 0 Å². The van der Waals surface area contributed by atoms with E-state index in [0.717, 1.165) is 11.1 Å². The van der Waals surface area contributed by atoms with E-state index in [4.69, 9.17) is 0 Å². The van der Waals surface area contributed by atoms with Crippen LogP contribution < -0.4 is 5.32 Å². The highest BCUT2D eigenvalue weighted by Gasteiger charge is 2.35. The van der Waals surface area contributed by atoms with Gasteiger partial charge in [0.2, 0.25) is 5.91 Å². The Morgan fingerprint density at radius 3 is 2.45 bits per heavy atom. The van der Waals surface area contributed by atoms with Crippen LogP contribution in [0.1, 0.15) is 58.5 Å². The molecule has 0 bridgehead atoms. The third-order valence-electron chi connectivity index (χ3n) is 6.06. The van der Waals surface area contributed by atoms with Gasteiger partial charge in [0, 0.05) is 24.9 Å². The summed E-state index contributed by atoms with van der Waals surface area (Å²) in [6, 6.07) is 15.1. The third kappa shape index (κ3) is 5.20. The molecule has 6 heteroatoms. The molecule has 0 saturated carbocycles. The van der Waals surface area contributed by atoms with E-state index in [-0.39, 0.29) is 30.7 Å². The summed E-state index contributed by atoms with van der Waals surface area (Å²) in [6.45, 7) is 6.11. The van der Waals surface area contributed by atoms with Crippen LogP contribution in [0.2, 0.25) is 0 Å². The van der Waals surface area contributed by atoms with Crippen molar-refractivity contribution >= 4 is 17.7 Å². The number of carbonyl (C=O) groups is 3. The van der Waals surface area contributed by atoms with Crippen molar-refractivity contribution in [3.05, 3.63) is 70.8 Å². The van der Waals surface area contributed by atoms with Crippen LogP contribution in [0.4, 0.5) is 0 Å². The van der Waals surface area contributed by atoms with Crippen molar-refractivity contribution in [2.45, 2.75) is 46.1 Å². The van der Waals surface area contributed by atoms with Crippen molar-refractivity contribution in [2.24, 2.45) is 5.41 Å². The number of fused-ring (bicyclic) bond motifs is 1. The van der Waals surface area contributed by atoms with Gasteiger partial charge in [0.1, 0.15) is 0 Å². The molecule has 1 aliphatic heterocycles. The van der Waals surface area contributed by atoms with E-state index in [1.54, 1.807) is 19.1 Å². The maximum Gasteiger partial charge on any atom is 0.261 e. The van der Waals surface area contributed by atoms with Crippen molar-refractivity contribution in [3.63, 3.8) is 0 Å². The monoisotopic (exact) mass is 422 g/mol. The van der Waals surface area contributed by atoms with Gasteiger partial charge in [0.05, 0.1) is 17.2 Å². The van der Waals surface area contributed by atoms with Crippen LogP contribution in [-0.4, -0.2) is 46.9 Å². The van der Waals surface area contributed by atoms with Gasteiger partial charge in [-0.3, -0.25) is 19.3 Å². The Balaban J connectivity index is 1.50. The molecule has 6 nitrogen and oxygen atoms in total. The second-order valence-electron chi connectivity index (χ2n) is 8.68. The van der Waals surface area contributed by atoms with Gasteiger partial charge in [-0.1, -0.05) is 48.9 Å². The molecule has 0 aromatic heterocycles. The van der Waals surface area contributed by atoms with E-state index in [1.807, 2.05) is 50.2 Å². The van der Waals surface area contributed by atoms with Crippen molar-refractivity contribution in [1.82, 2.24) is 10.2 Å². The van der Waals surface area contributed by atoms with Gasteiger partial charge in [0.25, 0.3) is 11.8 Å². The van der Waals surface area contributed by atoms with Crippen LogP contribution >= 0.6 is 0 Å². The molecule has 164 valence electrons. The third-order valence-corrected chi connectivity index (χ3v) is 6.06. The highest BCUT2D eigenvalue weighted by molar-refractivity contribution is 6.21. The Morgan fingerprint density at radius 1 is 1.10 bits per heavy atom. The molecule has 2 aromatic carbocycles. The number of imide groups is 1. The summed E-state index contributed by atoms with van der Waals surface area (Å²) in [7, 11) is 0. The SMILES string of the molecule is Cc1ccc2c(c1)C(=O)N(CCCC(=O)NC[C@](C)(Cc1ccccc1)[C@H](C)O)C2=O. The largest absolute Gasteiger partial charge is 0.393 e. The highest BCUT2D eigenvalue weighted by Crippen LogP contribution is 2.27.